The van der Waals surface area contributed by atoms with E-state index in [2.05, 4.69) is 32.2 Å². The highest BCUT2D eigenvalue weighted by atomic mass is 16.5. The lowest BCUT2D eigenvalue weighted by atomic mass is 9.86. The number of rotatable bonds is 3. The highest BCUT2D eigenvalue weighted by molar-refractivity contribution is 5.94. The fourth-order valence-electron chi connectivity index (χ4n) is 4.01. The first-order chi connectivity index (χ1) is 11.9. The average molecular weight is 320 g/mol. The standard InChI is InChI=1S/C19H20N4O/c1-2-4-16-14(3-1)15(11-20-16)17-5-6-19(22-21-17)24-18-12-23-9-7-13(18)8-10-23/h1-6,11,13,18,20H,7-10,12H2/t18-/m1/s1. The molecule has 3 aromatic rings. The van der Waals surface area contributed by atoms with Crippen LogP contribution in [0.1, 0.15) is 12.8 Å². The Labute approximate surface area is 140 Å². The summed E-state index contributed by atoms with van der Waals surface area (Å²) in [4.78, 5) is 5.77. The number of aromatic amines is 1. The Kier molecular flexibility index (Phi) is 3.26. The molecule has 0 unspecified atom stereocenters. The van der Waals surface area contributed by atoms with Crippen LogP contribution in [0, 0.1) is 5.92 Å². The molecule has 1 atom stereocenters. The summed E-state index contributed by atoms with van der Waals surface area (Å²) in [6.07, 6.45) is 4.74. The van der Waals surface area contributed by atoms with E-state index in [0.717, 1.165) is 28.7 Å². The number of hydrogen-bond acceptors (Lipinski definition) is 4. The first kappa shape index (κ1) is 14.0. The van der Waals surface area contributed by atoms with Crippen LogP contribution in [0.15, 0.2) is 42.6 Å². The first-order valence-corrected chi connectivity index (χ1v) is 8.66. The van der Waals surface area contributed by atoms with Gasteiger partial charge in [0, 0.05) is 35.3 Å². The zero-order valence-electron chi connectivity index (χ0n) is 13.5. The normalized spacial score (nSPS) is 25.9. The molecule has 1 aromatic carbocycles. The molecule has 1 N–H and O–H groups in total. The quantitative estimate of drug-likeness (QED) is 0.806. The number of ether oxygens (including phenoxy) is 1. The van der Waals surface area contributed by atoms with E-state index in [1.54, 1.807) is 0 Å². The maximum atomic E-state index is 6.13. The Bertz CT molecular complexity index is 849. The highest BCUT2D eigenvalue weighted by Gasteiger charge is 2.35. The van der Waals surface area contributed by atoms with Gasteiger partial charge in [0.25, 0.3) is 0 Å². The fourth-order valence-corrected chi connectivity index (χ4v) is 4.01. The van der Waals surface area contributed by atoms with Crippen LogP contribution in [-0.2, 0) is 0 Å². The topological polar surface area (TPSA) is 54.0 Å². The third-order valence-corrected chi connectivity index (χ3v) is 5.37. The molecule has 5 heterocycles. The van der Waals surface area contributed by atoms with E-state index in [-0.39, 0.29) is 6.10 Å². The van der Waals surface area contributed by atoms with Crippen molar-refractivity contribution in [2.45, 2.75) is 18.9 Å². The van der Waals surface area contributed by atoms with Crippen molar-refractivity contribution < 1.29 is 4.74 Å². The van der Waals surface area contributed by atoms with Gasteiger partial charge in [-0.3, -0.25) is 4.90 Å². The highest BCUT2D eigenvalue weighted by Crippen LogP contribution is 2.31. The summed E-state index contributed by atoms with van der Waals surface area (Å²) < 4.78 is 6.13. The molecule has 5 heteroatoms. The van der Waals surface area contributed by atoms with Crippen LogP contribution in [0.2, 0.25) is 0 Å². The van der Waals surface area contributed by atoms with Gasteiger partial charge in [-0.1, -0.05) is 18.2 Å². The predicted molar refractivity (Wildman–Crippen MR) is 92.9 cm³/mol. The van der Waals surface area contributed by atoms with Crippen molar-refractivity contribution in [2.24, 2.45) is 5.92 Å². The molecule has 3 fully saturated rings. The predicted octanol–water partition coefficient (Wildman–Crippen LogP) is 3.10. The van der Waals surface area contributed by atoms with Gasteiger partial charge in [-0.25, -0.2) is 0 Å². The fraction of sp³-hybridized carbons (Fsp3) is 0.368. The zero-order chi connectivity index (χ0) is 15.9. The third-order valence-electron chi connectivity index (χ3n) is 5.37. The van der Waals surface area contributed by atoms with Gasteiger partial charge in [-0.15, -0.1) is 10.2 Å². The number of nitrogens with zero attached hydrogens (tertiary/aromatic N) is 3. The summed E-state index contributed by atoms with van der Waals surface area (Å²) in [5.74, 6) is 1.31. The van der Waals surface area contributed by atoms with E-state index in [9.17, 15) is 0 Å². The van der Waals surface area contributed by atoms with Crippen molar-refractivity contribution in [3.8, 4) is 17.1 Å². The third kappa shape index (κ3) is 2.36. The molecular weight excluding hydrogens is 300 g/mol. The lowest BCUT2D eigenvalue weighted by molar-refractivity contribution is -0.0103. The number of nitrogens with one attached hydrogen (secondary N) is 1. The summed E-state index contributed by atoms with van der Waals surface area (Å²) in [5, 5.41) is 9.87. The average Bonchev–Trinajstić information content (AvgIpc) is 3.08. The maximum absolute atomic E-state index is 6.13. The molecule has 3 saturated heterocycles. The van der Waals surface area contributed by atoms with E-state index in [1.807, 2.05) is 30.5 Å². The van der Waals surface area contributed by atoms with Gasteiger partial charge in [0.05, 0.1) is 5.69 Å². The summed E-state index contributed by atoms with van der Waals surface area (Å²) in [6, 6.07) is 12.2. The van der Waals surface area contributed by atoms with Crippen LogP contribution >= 0.6 is 0 Å². The van der Waals surface area contributed by atoms with Crippen molar-refractivity contribution in [3.05, 3.63) is 42.6 Å². The van der Waals surface area contributed by atoms with Crippen molar-refractivity contribution in [1.82, 2.24) is 20.1 Å². The minimum atomic E-state index is 0.265. The number of piperidine rings is 3. The lowest BCUT2D eigenvalue weighted by Crippen LogP contribution is -2.52. The van der Waals surface area contributed by atoms with E-state index < -0.39 is 0 Å². The second-order valence-electron chi connectivity index (χ2n) is 6.80. The van der Waals surface area contributed by atoms with Gasteiger partial charge in [0.2, 0.25) is 5.88 Å². The van der Waals surface area contributed by atoms with Gasteiger partial charge in [0.1, 0.15) is 6.10 Å². The van der Waals surface area contributed by atoms with Crippen molar-refractivity contribution in [2.75, 3.05) is 19.6 Å². The zero-order valence-corrected chi connectivity index (χ0v) is 13.5. The number of para-hydroxylation sites is 1. The summed E-state index contributed by atoms with van der Waals surface area (Å²) >= 11 is 0. The Morgan fingerprint density at radius 2 is 1.92 bits per heavy atom. The Morgan fingerprint density at radius 3 is 2.67 bits per heavy atom. The van der Waals surface area contributed by atoms with Gasteiger partial charge < -0.3 is 9.72 Å². The van der Waals surface area contributed by atoms with Gasteiger partial charge in [-0.2, -0.15) is 0 Å². The molecule has 0 amide bonds. The minimum Gasteiger partial charge on any atom is -0.472 e. The molecule has 0 radical (unpaired) electrons. The SMILES string of the molecule is c1ccc2c(-c3ccc(O[C@@H]4CN5CCC4CC5)nn3)c[nH]c2c1. The van der Waals surface area contributed by atoms with Crippen LogP contribution in [0.25, 0.3) is 22.2 Å². The molecular formula is C19H20N4O. The van der Waals surface area contributed by atoms with E-state index >= 15 is 0 Å². The summed E-state index contributed by atoms with van der Waals surface area (Å²) in [5.41, 5.74) is 3.06. The Hall–Kier alpha value is -2.40. The summed E-state index contributed by atoms with van der Waals surface area (Å²) in [6.45, 7) is 3.46. The van der Waals surface area contributed by atoms with E-state index in [4.69, 9.17) is 4.74 Å². The van der Waals surface area contributed by atoms with Crippen LogP contribution < -0.4 is 4.74 Å². The van der Waals surface area contributed by atoms with Crippen molar-refractivity contribution in [1.29, 1.82) is 0 Å². The number of benzene rings is 1. The van der Waals surface area contributed by atoms with Gasteiger partial charge >= 0.3 is 0 Å². The van der Waals surface area contributed by atoms with Crippen molar-refractivity contribution in [3.63, 3.8) is 0 Å². The number of fused-ring (bicyclic) bond motifs is 4. The molecule has 2 aromatic heterocycles. The number of hydrogen-bond donors (Lipinski definition) is 1. The van der Waals surface area contributed by atoms with E-state index in [1.165, 1.54) is 25.9 Å². The van der Waals surface area contributed by atoms with Crippen LogP contribution in [-0.4, -0.2) is 45.8 Å². The van der Waals surface area contributed by atoms with Crippen LogP contribution in [0.4, 0.5) is 0 Å². The number of H-pyrrole nitrogens is 1. The maximum Gasteiger partial charge on any atom is 0.233 e. The first-order valence-electron chi connectivity index (χ1n) is 8.66. The molecule has 0 spiro atoms. The molecule has 122 valence electrons. The molecule has 3 aliphatic heterocycles. The smallest absolute Gasteiger partial charge is 0.233 e. The van der Waals surface area contributed by atoms with Gasteiger partial charge in [0.15, 0.2) is 0 Å². The monoisotopic (exact) mass is 320 g/mol. The Balaban J connectivity index is 1.37. The minimum absolute atomic E-state index is 0.265. The number of aromatic nitrogens is 3. The van der Waals surface area contributed by atoms with Gasteiger partial charge in [-0.05, 0) is 44.0 Å². The molecule has 6 rings (SSSR count). The molecule has 3 aliphatic rings. The van der Waals surface area contributed by atoms with Crippen LogP contribution in [0.5, 0.6) is 5.88 Å². The van der Waals surface area contributed by atoms with E-state index in [0.29, 0.717) is 11.8 Å². The molecule has 0 saturated carbocycles. The van der Waals surface area contributed by atoms with Crippen LogP contribution in [0.3, 0.4) is 0 Å². The largest absolute Gasteiger partial charge is 0.472 e. The second kappa shape index (κ2) is 5.60. The molecule has 24 heavy (non-hydrogen) atoms. The molecule has 2 bridgehead atoms. The Morgan fingerprint density at radius 1 is 1.04 bits per heavy atom. The second-order valence-corrected chi connectivity index (χ2v) is 6.80. The summed E-state index contributed by atoms with van der Waals surface area (Å²) in [7, 11) is 0. The van der Waals surface area contributed by atoms with Crippen molar-refractivity contribution >= 4 is 10.9 Å². The molecule has 5 nitrogen and oxygen atoms in total. The molecule has 0 aliphatic carbocycles. The lowest BCUT2D eigenvalue weighted by Gasteiger charge is -2.44.